The van der Waals surface area contributed by atoms with Crippen molar-refractivity contribution < 1.29 is 22.7 Å². The Kier molecular flexibility index (Phi) is 9.73. The molecular formula is C33H39N3O5S. The Balaban J connectivity index is 1.85. The van der Waals surface area contributed by atoms with Crippen LogP contribution in [0.5, 0.6) is 5.75 Å². The number of carbonyl (C=O) groups excluding carboxylic acids is 2. The molecule has 1 unspecified atom stereocenters. The minimum Gasteiger partial charge on any atom is -0.496 e. The maximum atomic E-state index is 13.9. The number of aryl methyl sites for hydroxylation is 2. The Morgan fingerprint density at radius 2 is 1.69 bits per heavy atom. The highest BCUT2D eigenvalue weighted by atomic mass is 32.2. The van der Waals surface area contributed by atoms with Crippen molar-refractivity contribution in [1.29, 1.82) is 0 Å². The zero-order chi connectivity index (χ0) is 30.4. The molecule has 0 bridgehead atoms. The second kappa shape index (κ2) is 13.2. The van der Waals surface area contributed by atoms with Crippen LogP contribution in [0.2, 0.25) is 0 Å². The van der Waals surface area contributed by atoms with E-state index in [1.165, 1.54) is 13.2 Å². The topological polar surface area (TPSA) is 97.7 Å². The molecule has 222 valence electrons. The molecule has 4 aromatic rings. The Morgan fingerprint density at radius 3 is 2.38 bits per heavy atom. The third-order valence-electron chi connectivity index (χ3n) is 7.53. The summed E-state index contributed by atoms with van der Waals surface area (Å²) in [7, 11) is 0.774. The lowest BCUT2D eigenvalue weighted by molar-refractivity contribution is -0.128. The van der Waals surface area contributed by atoms with Crippen LogP contribution < -0.4 is 9.46 Å². The molecule has 1 aromatic heterocycles. The van der Waals surface area contributed by atoms with Gasteiger partial charge in [0.25, 0.3) is 15.9 Å². The van der Waals surface area contributed by atoms with Gasteiger partial charge in [-0.25, -0.2) is 13.1 Å². The second-order valence-electron chi connectivity index (χ2n) is 10.7. The predicted molar refractivity (Wildman–Crippen MR) is 165 cm³/mol. The summed E-state index contributed by atoms with van der Waals surface area (Å²) >= 11 is 0. The third-order valence-corrected chi connectivity index (χ3v) is 9.02. The van der Waals surface area contributed by atoms with Gasteiger partial charge in [-0.2, -0.15) is 0 Å². The van der Waals surface area contributed by atoms with Gasteiger partial charge in [-0.15, -0.1) is 0 Å². The molecule has 9 heteroatoms. The number of aromatic nitrogens is 1. The Labute approximate surface area is 248 Å². The van der Waals surface area contributed by atoms with E-state index >= 15 is 0 Å². The molecule has 8 nitrogen and oxygen atoms in total. The molecule has 0 aliphatic carbocycles. The van der Waals surface area contributed by atoms with E-state index in [4.69, 9.17) is 4.74 Å². The average molecular weight is 590 g/mol. The minimum atomic E-state index is -4.16. The van der Waals surface area contributed by atoms with Gasteiger partial charge < -0.3 is 14.2 Å². The molecule has 42 heavy (non-hydrogen) atoms. The van der Waals surface area contributed by atoms with Gasteiger partial charge in [0, 0.05) is 50.1 Å². The number of fused-ring (bicyclic) bond motifs is 1. The Morgan fingerprint density at radius 1 is 0.976 bits per heavy atom. The molecule has 0 radical (unpaired) electrons. The highest BCUT2D eigenvalue weighted by Crippen LogP contribution is 2.40. The number of nitrogens with zero attached hydrogens (tertiary/aromatic N) is 2. The van der Waals surface area contributed by atoms with E-state index in [0.29, 0.717) is 30.4 Å². The van der Waals surface area contributed by atoms with E-state index in [9.17, 15) is 18.0 Å². The molecule has 0 spiro atoms. The number of hydrogen-bond acceptors (Lipinski definition) is 5. The molecular weight excluding hydrogens is 550 g/mol. The number of benzene rings is 3. The van der Waals surface area contributed by atoms with Crippen molar-refractivity contribution in [3.63, 3.8) is 0 Å². The molecule has 1 heterocycles. The van der Waals surface area contributed by atoms with E-state index < -0.39 is 15.9 Å². The van der Waals surface area contributed by atoms with Crippen LogP contribution in [-0.2, 0) is 21.4 Å². The van der Waals surface area contributed by atoms with Crippen LogP contribution in [0.25, 0.3) is 10.9 Å². The van der Waals surface area contributed by atoms with E-state index in [1.807, 2.05) is 24.3 Å². The molecule has 4 rings (SSSR count). The normalized spacial score (nSPS) is 12.2. The second-order valence-corrected chi connectivity index (χ2v) is 12.3. The summed E-state index contributed by atoms with van der Waals surface area (Å²) in [5.41, 5.74) is 3.43. The lowest BCUT2D eigenvalue weighted by Gasteiger charge is -2.22. The highest BCUT2D eigenvalue weighted by Gasteiger charge is 2.29. The largest absolute Gasteiger partial charge is 0.496 e. The molecule has 0 saturated heterocycles. The molecule has 1 atom stereocenters. The number of hydrogen-bond donors (Lipinski definition) is 1. The van der Waals surface area contributed by atoms with Crippen molar-refractivity contribution in [2.45, 2.75) is 56.9 Å². The molecule has 0 saturated carbocycles. The summed E-state index contributed by atoms with van der Waals surface area (Å²) in [5.74, 6) is -0.774. The average Bonchev–Trinajstić information content (AvgIpc) is 3.32. The van der Waals surface area contributed by atoms with Crippen LogP contribution in [0.15, 0.2) is 77.8 Å². The quantitative estimate of drug-likeness (QED) is 0.223. The summed E-state index contributed by atoms with van der Waals surface area (Å²) < 4.78 is 36.8. The highest BCUT2D eigenvalue weighted by molar-refractivity contribution is 7.90. The number of rotatable bonds is 12. The van der Waals surface area contributed by atoms with Gasteiger partial charge in [0.1, 0.15) is 5.75 Å². The summed E-state index contributed by atoms with van der Waals surface area (Å²) in [6.45, 7) is 4.63. The first-order chi connectivity index (χ1) is 20.1. The van der Waals surface area contributed by atoms with E-state index in [-0.39, 0.29) is 28.0 Å². The van der Waals surface area contributed by atoms with Crippen molar-refractivity contribution in [3.8, 4) is 5.75 Å². The van der Waals surface area contributed by atoms with Gasteiger partial charge in [-0.05, 0) is 61.1 Å². The molecule has 0 fully saturated rings. The first kappa shape index (κ1) is 30.8. The van der Waals surface area contributed by atoms with Crippen LogP contribution in [0.4, 0.5) is 0 Å². The van der Waals surface area contributed by atoms with Crippen LogP contribution in [0.3, 0.4) is 0 Å². The third kappa shape index (κ3) is 6.51. The molecule has 0 aliphatic heterocycles. The zero-order valence-electron chi connectivity index (χ0n) is 24.9. The van der Waals surface area contributed by atoms with Crippen molar-refractivity contribution in [3.05, 3.63) is 95.2 Å². The van der Waals surface area contributed by atoms with Crippen molar-refractivity contribution in [2.24, 2.45) is 0 Å². The number of amides is 2. The van der Waals surface area contributed by atoms with Crippen LogP contribution in [0.1, 0.15) is 65.6 Å². The van der Waals surface area contributed by atoms with E-state index in [1.54, 1.807) is 50.2 Å². The fraction of sp³-hybridized carbons (Fsp3) is 0.333. The van der Waals surface area contributed by atoms with Crippen molar-refractivity contribution in [1.82, 2.24) is 14.2 Å². The Bertz CT molecular complexity index is 1690. The Hall–Kier alpha value is -4.11. The van der Waals surface area contributed by atoms with E-state index in [0.717, 1.165) is 29.4 Å². The molecule has 2 amide bonds. The van der Waals surface area contributed by atoms with Gasteiger partial charge in [0.2, 0.25) is 5.91 Å². The number of ether oxygens (including phenoxy) is 1. The van der Waals surface area contributed by atoms with E-state index in [2.05, 4.69) is 34.5 Å². The standard InChI is InChI=1S/C33H39N3O5S/c1-6-21-36-22-27(25-14-8-9-17-28(25)36)24(15-12-20-31(37)35(3)4)26-16-11-18-29(41-5)32(26)33(38)34-42(39,40)30-19-10-7-13-23(30)2/h7-11,13-14,16-19,22,24H,6,12,15,20-21H2,1-5H3,(H,34,38). The minimum absolute atomic E-state index is 0.0232. The zero-order valence-corrected chi connectivity index (χ0v) is 25.7. The monoisotopic (exact) mass is 589 g/mol. The number of methoxy groups -OCH3 is 1. The number of sulfonamides is 1. The first-order valence-corrected chi connectivity index (χ1v) is 15.6. The van der Waals surface area contributed by atoms with Gasteiger partial charge in [0.15, 0.2) is 0 Å². The summed E-state index contributed by atoms with van der Waals surface area (Å²) in [6.07, 6.45) is 4.57. The predicted octanol–water partition coefficient (Wildman–Crippen LogP) is 5.88. The van der Waals surface area contributed by atoms with Crippen LogP contribution in [0, 0.1) is 6.92 Å². The maximum absolute atomic E-state index is 13.9. The lowest BCUT2D eigenvalue weighted by atomic mass is 9.83. The van der Waals surface area contributed by atoms with Gasteiger partial charge in [0.05, 0.1) is 17.6 Å². The lowest BCUT2D eigenvalue weighted by Crippen LogP contribution is -2.32. The smallest absolute Gasteiger partial charge is 0.269 e. The van der Waals surface area contributed by atoms with Gasteiger partial charge >= 0.3 is 0 Å². The summed E-state index contributed by atoms with van der Waals surface area (Å²) in [4.78, 5) is 28.0. The fourth-order valence-electron chi connectivity index (χ4n) is 5.48. The number of nitrogens with one attached hydrogen (secondary N) is 1. The molecule has 0 aliphatic rings. The van der Waals surface area contributed by atoms with Crippen LogP contribution in [-0.4, -0.2) is 50.9 Å². The van der Waals surface area contributed by atoms with Crippen molar-refractivity contribution in [2.75, 3.05) is 21.2 Å². The number of para-hydroxylation sites is 1. The number of carbonyl (C=O) groups is 2. The SMILES string of the molecule is CCCn1cc(C(CCCC(=O)N(C)C)c2cccc(OC)c2C(=O)NS(=O)(=O)c2ccccc2C)c2ccccc21. The van der Waals surface area contributed by atoms with Crippen LogP contribution >= 0.6 is 0 Å². The van der Waals surface area contributed by atoms with Crippen molar-refractivity contribution >= 4 is 32.7 Å². The summed E-state index contributed by atoms with van der Waals surface area (Å²) in [5, 5.41) is 1.05. The molecule has 1 N–H and O–H groups in total. The first-order valence-electron chi connectivity index (χ1n) is 14.2. The fourth-order valence-corrected chi connectivity index (χ4v) is 6.68. The maximum Gasteiger partial charge on any atom is 0.269 e. The van der Waals surface area contributed by atoms with Gasteiger partial charge in [-0.3, -0.25) is 9.59 Å². The summed E-state index contributed by atoms with van der Waals surface area (Å²) in [6, 6.07) is 20.0. The molecule has 3 aromatic carbocycles. The van der Waals surface area contributed by atoms with Gasteiger partial charge in [-0.1, -0.05) is 55.5 Å².